The topological polar surface area (TPSA) is 93.1 Å². The van der Waals surface area contributed by atoms with Crippen molar-refractivity contribution in [1.82, 2.24) is 14.3 Å². The van der Waals surface area contributed by atoms with Crippen molar-refractivity contribution in [3.05, 3.63) is 53.4 Å². The molecule has 3 heterocycles. The van der Waals surface area contributed by atoms with E-state index in [1.165, 1.54) is 4.90 Å². The van der Waals surface area contributed by atoms with Gasteiger partial charge in [0, 0.05) is 24.8 Å². The summed E-state index contributed by atoms with van der Waals surface area (Å²) in [6.45, 7) is 2.60. The number of hydrogen-bond acceptors (Lipinski definition) is 4. The first-order valence-corrected chi connectivity index (χ1v) is 9.15. The number of nitrogens with two attached hydrogens (primary N) is 1. The largest absolute Gasteiger partial charge is 0.465 e. The van der Waals surface area contributed by atoms with Gasteiger partial charge in [-0.1, -0.05) is 0 Å². The fourth-order valence-corrected chi connectivity index (χ4v) is 3.64. The fourth-order valence-electron chi connectivity index (χ4n) is 3.64. The average Bonchev–Trinajstić information content (AvgIpc) is 2.98. The van der Waals surface area contributed by atoms with Gasteiger partial charge in [-0.05, 0) is 36.8 Å². The van der Waals surface area contributed by atoms with Crippen molar-refractivity contribution in [2.45, 2.75) is 19.4 Å². The van der Waals surface area contributed by atoms with Crippen LogP contribution in [0.5, 0.6) is 0 Å². The van der Waals surface area contributed by atoms with E-state index in [0.717, 1.165) is 17.7 Å². The van der Waals surface area contributed by atoms with Crippen molar-refractivity contribution in [2.24, 2.45) is 0 Å². The maximum atomic E-state index is 14.6. The summed E-state index contributed by atoms with van der Waals surface area (Å²) in [5, 5.41) is 9.26. The van der Waals surface area contributed by atoms with Crippen molar-refractivity contribution in [1.29, 1.82) is 0 Å². The Labute approximate surface area is 165 Å². The van der Waals surface area contributed by atoms with Crippen LogP contribution in [0, 0.1) is 18.6 Å². The highest BCUT2D eigenvalue weighted by Crippen LogP contribution is 2.32. The summed E-state index contributed by atoms with van der Waals surface area (Å²) in [5.41, 5.74) is 7.45. The van der Waals surface area contributed by atoms with Crippen LogP contribution in [0.1, 0.15) is 11.3 Å². The second kappa shape index (κ2) is 7.32. The Morgan fingerprint density at radius 3 is 2.76 bits per heavy atom. The molecule has 7 nitrogen and oxygen atoms in total. The number of rotatable bonds is 3. The van der Waals surface area contributed by atoms with Gasteiger partial charge in [-0.15, -0.1) is 0 Å². The molecule has 2 aromatic heterocycles. The molecule has 3 N–H and O–H groups in total. The number of pyridine rings is 1. The molecule has 1 aromatic carbocycles. The lowest BCUT2D eigenvalue weighted by Gasteiger charge is -2.31. The Hall–Kier alpha value is -3.20. The van der Waals surface area contributed by atoms with Crippen LogP contribution in [0.25, 0.3) is 16.9 Å². The van der Waals surface area contributed by atoms with Gasteiger partial charge in [-0.2, -0.15) is 0 Å². The number of carbonyl (C=O) groups is 1. The third kappa shape index (κ3) is 3.61. The summed E-state index contributed by atoms with van der Waals surface area (Å²) in [5.74, 6) is -1.61. The number of aromatic nitrogens is 2. The zero-order valence-electron chi connectivity index (χ0n) is 15.7. The summed E-state index contributed by atoms with van der Waals surface area (Å²) >= 11 is 0. The molecule has 0 unspecified atom stereocenters. The lowest BCUT2D eigenvalue weighted by molar-refractivity contribution is -0.0214. The van der Waals surface area contributed by atoms with Gasteiger partial charge < -0.3 is 24.9 Å². The number of ether oxygens (including phenoxy) is 1. The summed E-state index contributed by atoms with van der Waals surface area (Å²) in [6, 6.07) is 5.79. The van der Waals surface area contributed by atoms with Crippen LogP contribution in [-0.2, 0) is 11.2 Å². The molecule has 0 spiro atoms. The Balaban J connectivity index is 1.82. The Bertz CT molecular complexity index is 1080. The Morgan fingerprint density at radius 1 is 1.34 bits per heavy atom. The smallest absolute Gasteiger partial charge is 0.407 e. The molecule has 3 aromatic rings. The van der Waals surface area contributed by atoms with Crippen LogP contribution in [0.3, 0.4) is 0 Å². The van der Waals surface area contributed by atoms with E-state index in [9.17, 15) is 18.7 Å². The highest BCUT2D eigenvalue weighted by molar-refractivity contribution is 5.70. The van der Waals surface area contributed by atoms with Gasteiger partial charge in [0.15, 0.2) is 0 Å². The van der Waals surface area contributed by atoms with Crippen LogP contribution in [-0.4, -0.2) is 51.3 Å². The number of nitrogens with zero attached hydrogens (tertiary/aromatic N) is 3. The molecule has 152 valence electrons. The number of halogens is 2. The highest BCUT2D eigenvalue weighted by atomic mass is 19.1. The average molecular weight is 402 g/mol. The first-order chi connectivity index (χ1) is 13.8. The lowest BCUT2D eigenvalue weighted by Crippen LogP contribution is -2.45. The van der Waals surface area contributed by atoms with E-state index in [1.54, 1.807) is 10.6 Å². The van der Waals surface area contributed by atoms with Crippen molar-refractivity contribution in [2.75, 3.05) is 25.4 Å². The molecule has 1 aliphatic heterocycles. The zero-order valence-corrected chi connectivity index (χ0v) is 15.7. The Kier molecular flexibility index (Phi) is 4.83. The minimum atomic E-state index is -1.03. The molecule has 0 saturated carbocycles. The van der Waals surface area contributed by atoms with Crippen molar-refractivity contribution in [3.63, 3.8) is 0 Å². The molecule has 29 heavy (non-hydrogen) atoms. The highest BCUT2D eigenvalue weighted by Gasteiger charge is 2.28. The molecule has 1 atom stereocenters. The van der Waals surface area contributed by atoms with Crippen LogP contribution in [0.15, 0.2) is 30.5 Å². The molecule has 1 fully saturated rings. The first-order valence-electron chi connectivity index (χ1n) is 9.15. The van der Waals surface area contributed by atoms with Gasteiger partial charge >= 0.3 is 6.09 Å². The van der Waals surface area contributed by atoms with E-state index in [1.807, 2.05) is 19.1 Å². The van der Waals surface area contributed by atoms with Gasteiger partial charge in [-0.3, -0.25) is 0 Å². The molecule has 4 rings (SSSR count). The molecule has 1 saturated heterocycles. The summed E-state index contributed by atoms with van der Waals surface area (Å²) in [7, 11) is 0. The fraction of sp³-hybridized carbons (Fsp3) is 0.300. The lowest BCUT2D eigenvalue weighted by atomic mass is 10.0. The number of amides is 1. The zero-order chi connectivity index (χ0) is 20.7. The predicted octanol–water partition coefficient (Wildman–Crippen LogP) is 3.09. The van der Waals surface area contributed by atoms with Crippen LogP contribution in [0.2, 0.25) is 0 Å². The number of hydrogen-bond donors (Lipinski definition) is 2. The van der Waals surface area contributed by atoms with Crippen LogP contribution >= 0.6 is 0 Å². The number of aryl methyl sites for hydroxylation is 1. The van der Waals surface area contributed by atoms with E-state index in [4.69, 9.17) is 10.5 Å². The van der Waals surface area contributed by atoms with Crippen molar-refractivity contribution < 1.29 is 23.4 Å². The standard InChI is InChI=1S/C20H20F2N4O3/c1-11-2-3-26-16(9-13-10-25(20(27)28)4-5-29-13)19(24-17(26)6-11)18-14(21)7-12(23)8-15(18)22/h2-3,6-8,13H,4-5,9-10,23H2,1H3,(H,27,28)/t13-/m0/s1. The quantitative estimate of drug-likeness (QED) is 0.657. The normalized spacial score (nSPS) is 17.1. The molecular weight excluding hydrogens is 382 g/mol. The molecule has 1 amide bonds. The number of benzene rings is 1. The molecule has 0 bridgehead atoms. The van der Waals surface area contributed by atoms with Gasteiger partial charge in [-0.25, -0.2) is 18.6 Å². The van der Waals surface area contributed by atoms with Crippen molar-refractivity contribution >= 4 is 17.4 Å². The molecule has 9 heteroatoms. The van der Waals surface area contributed by atoms with Crippen molar-refractivity contribution in [3.8, 4) is 11.3 Å². The molecule has 0 radical (unpaired) electrons. The minimum Gasteiger partial charge on any atom is -0.465 e. The molecular formula is C20H20F2N4O3. The number of imidazole rings is 1. The number of anilines is 1. The van der Waals surface area contributed by atoms with E-state index in [0.29, 0.717) is 11.3 Å². The maximum absolute atomic E-state index is 14.6. The van der Waals surface area contributed by atoms with Gasteiger partial charge in [0.2, 0.25) is 0 Å². The minimum absolute atomic E-state index is 0.0161. The number of morpholine rings is 1. The first kappa shape index (κ1) is 19.1. The van der Waals surface area contributed by atoms with E-state index in [-0.39, 0.29) is 43.1 Å². The predicted molar refractivity (Wildman–Crippen MR) is 103 cm³/mol. The molecule has 1 aliphatic rings. The number of nitrogen functional groups attached to an aromatic ring is 1. The maximum Gasteiger partial charge on any atom is 0.407 e. The Morgan fingerprint density at radius 2 is 2.07 bits per heavy atom. The summed E-state index contributed by atoms with van der Waals surface area (Å²) in [4.78, 5) is 17.0. The molecule has 0 aliphatic carbocycles. The third-order valence-electron chi connectivity index (χ3n) is 5.01. The second-order valence-electron chi connectivity index (χ2n) is 7.12. The van der Waals surface area contributed by atoms with Gasteiger partial charge in [0.05, 0.1) is 36.2 Å². The monoisotopic (exact) mass is 402 g/mol. The van der Waals surface area contributed by atoms with E-state index < -0.39 is 23.8 Å². The SMILES string of the molecule is Cc1ccn2c(C[C@H]3CN(C(=O)O)CCO3)c(-c3c(F)cc(N)cc3F)nc2c1. The van der Waals surface area contributed by atoms with Gasteiger partial charge in [0.1, 0.15) is 17.3 Å². The number of carboxylic acid groups (broad SMARTS) is 1. The van der Waals surface area contributed by atoms with Crippen LogP contribution < -0.4 is 5.73 Å². The number of fused-ring (bicyclic) bond motifs is 1. The van der Waals surface area contributed by atoms with Gasteiger partial charge in [0.25, 0.3) is 0 Å². The third-order valence-corrected chi connectivity index (χ3v) is 5.01. The summed E-state index contributed by atoms with van der Waals surface area (Å²) < 4.78 is 36.8. The summed E-state index contributed by atoms with van der Waals surface area (Å²) in [6.07, 6.45) is 0.538. The van der Waals surface area contributed by atoms with Crippen LogP contribution in [0.4, 0.5) is 19.3 Å². The van der Waals surface area contributed by atoms with E-state index >= 15 is 0 Å². The second-order valence-corrected chi connectivity index (χ2v) is 7.12. The van der Waals surface area contributed by atoms with E-state index in [2.05, 4.69) is 4.98 Å².